The summed E-state index contributed by atoms with van der Waals surface area (Å²) in [4.78, 5) is 13.3. The fourth-order valence-electron chi connectivity index (χ4n) is 3.52. The van der Waals surface area contributed by atoms with Crippen molar-refractivity contribution in [1.29, 1.82) is 0 Å². The summed E-state index contributed by atoms with van der Waals surface area (Å²) in [6, 6.07) is 14.8. The quantitative estimate of drug-likeness (QED) is 0.606. The number of para-hydroxylation sites is 1. The van der Waals surface area contributed by atoms with Crippen molar-refractivity contribution in [1.82, 2.24) is 9.88 Å². The van der Waals surface area contributed by atoms with Crippen molar-refractivity contribution in [2.45, 2.75) is 30.4 Å². The number of carbonyl (C=O) groups excluding carboxylic acids is 1. The SMILES string of the molecule is O=C(CSc1cn(Cc2cccc(F)c2)c2ccccc12)NC[C@@H]1CCCO1. The van der Waals surface area contributed by atoms with Crippen LogP contribution < -0.4 is 5.32 Å². The summed E-state index contributed by atoms with van der Waals surface area (Å²) < 4.78 is 21.2. The Bertz CT molecular complexity index is 966. The van der Waals surface area contributed by atoms with E-state index in [0.717, 1.165) is 40.8 Å². The van der Waals surface area contributed by atoms with E-state index in [9.17, 15) is 9.18 Å². The average molecular weight is 399 g/mol. The van der Waals surface area contributed by atoms with Crippen LogP contribution in [-0.4, -0.2) is 35.5 Å². The number of benzene rings is 2. The van der Waals surface area contributed by atoms with Gasteiger partial charge in [0.1, 0.15) is 5.82 Å². The van der Waals surface area contributed by atoms with Gasteiger partial charge in [-0.1, -0.05) is 30.3 Å². The summed E-state index contributed by atoms with van der Waals surface area (Å²) >= 11 is 1.53. The first-order valence-corrected chi connectivity index (χ1v) is 10.5. The van der Waals surface area contributed by atoms with Crippen LogP contribution in [0.4, 0.5) is 4.39 Å². The summed E-state index contributed by atoms with van der Waals surface area (Å²) in [6.07, 6.45) is 4.29. The lowest BCUT2D eigenvalue weighted by molar-refractivity contribution is -0.119. The Morgan fingerprint density at radius 3 is 2.96 bits per heavy atom. The zero-order chi connectivity index (χ0) is 19.3. The number of nitrogens with zero attached hydrogens (tertiary/aromatic N) is 1. The fourth-order valence-corrected chi connectivity index (χ4v) is 4.44. The highest BCUT2D eigenvalue weighted by Crippen LogP contribution is 2.30. The number of halogens is 1. The zero-order valence-electron chi connectivity index (χ0n) is 15.6. The van der Waals surface area contributed by atoms with E-state index in [2.05, 4.69) is 22.0 Å². The molecule has 1 N–H and O–H groups in total. The van der Waals surface area contributed by atoms with Gasteiger partial charge in [0, 0.05) is 41.7 Å². The maximum atomic E-state index is 13.5. The third kappa shape index (κ3) is 4.56. The summed E-state index contributed by atoms with van der Waals surface area (Å²) in [5.41, 5.74) is 1.99. The molecule has 146 valence electrons. The molecule has 3 aromatic rings. The van der Waals surface area contributed by atoms with Gasteiger partial charge in [-0.3, -0.25) is 4.79 Å². The summed E-state index contributed by atoms with van der Waals surface area (Å²) in [6.45, 7) is 1.96. The lowest BCUT2D eigenvalue weighted by atomic mass is 10.2. The van der Waals surface area contributed by atoms with Crippen LogP contribution in [0.5, 0.6) is 0 Å². The van der Waals surface area contributed by atoms with Crippen LogP contribution in [0, 0.1) is 5.82 Å². The van der Waals surface area contributed by atoms with E-state index in [0.29, 0.717) is 18.8 Å². The van der Waals surface area contributed by atoms with Gasteiger partial charge >= 0.3 is 0 Å². The maximum Gasteiger partial charge on any atom is 0.230 e. The molecule has 0 bridgehead atoms. The highest BCUT2D eigenvalue weighted by atomic mass is 32.2. The smallest absolute Gasteiger partial charge is 0.230 e. The lowest BCUT2D eigenvalue weighted by Gasteiger charge is -2.10. The van der Waals surface area contributed by atoms with Crippen LogP contribution in [0.1, 0.15) is 18.4 Å². The van der Waals surface area contributed by atoms with Crippen LogP contribution in [0.25, 0.3) is 10.9 Å². The first kappa shape index (κ1) is 19.0. The molecule has 0 radical (unpaired) electrons. The molecule has 0 spiro atoms. The van der Waals surface area contributed by atoms with Crippen molar-refractivity contribution in [2.75, 3.05) is 18.9 Å². The Labute approximate surface area is 168 Å². The number of hydrogen-bond acceptors (Lipinski definition) is 3. The van der Waals surface area contributed by atoms with Crippen LogP contribution in [0.2, 0.25) is 0 Å². The van der Waals surface area contributed by atoms with E-state index >= 15 is 0 Å². The van der Waals surface area contributed by atoms with Gasteiger partial charge in [0.15, 0.2) is 0 Å². The molecule has 0 saturated carbocycles. The molecule has 28 heavy (non-hydrogen) atoms. The van der Waals surface area contributed by atoms with Crippen molar-refractivity contribution in [3.63, 3.8) is 0 Å². The molecular weight excluding hydrogens is 375 g/mol. The number of aromatic nitrogens is 1. The molecule has 4 rings (SSSR count). The molecule has 1 aliphatic heterocycles. The third-order valence-electron chi connectivity index (χ3n) is 4.90. The highest BCUT2D eigenvalue weighted by Gasteiger charge is 2.16. The van der Waals surface area contributed by atoms with Crippen molar-refractivity contribution in [2.24, 2.45) is 0 Å². The Hall–Kier alpha value is -2.31. The van der Waals surface area contributed by atoms with Gasteiger partial charge < -0.3 is 14.6 Å². The highest BCUT2D eigenvalue weighted by molar-refractivity contribution is 8.00. The van der Waals surface area contributed by atoms with E-state index < -0.39 is 0 Å². The van der Waals surface area contributed by atoms with Gasteiger partial charge in [-0.15, -0.1) is 11.8 Å². The van der Waals surface area contributed by atoms with Crippen molar-refractivity contribution < 1.29 is 13.9 Å². The second kappa shape index (κ2) is 8.80. The molecule has 4 nitrogen and oxygen atoms in total. The number of nitrogens with one attached hydrogen (secondary N) is 1. The minimum Gasteiger partial charge on any atom is -0.376 e. The Morgan fingerprint density at radius 2 is 2.14 bits per heavy atom. The topological polar surface area (TPSA) is 43.3 Å². The monoisotopic (exact) mass is 398 g/mol. The van der Waals surface area contributed by atoms with Crippen molar-refractivity contribution in [3.8, 4) is 0 Å². The Kier molecular flexibility index (Phi) is 5.98. The molecule has 6 heteroatoms. The molecule has 1 aromatic heterocycles. The first-order chi connectivity index (χ1) is 13.7. The zero-order valence-corrected chi connectivity index (χ0v) is 16.4. The summed E-state index contributed by atoms with van der Waals surface area (Å²) in [5.74, 6) is 0.148. The second-order valence-electron chi connectivity index (χ2n) is 7.00. The molecule has 1 fully saturated rings. The summed E-state index contributed by atoms with van der Waals surface area (Å²) in [5, 5.41) is 4.07. The van der Waals surface area contributed by atoms with Crippen molar-refractivity contribution >= 4 is 28.6 Å². The largest absolute Gasteiger partial charge is 0.376 e. The van der Waals surface area contributed by atoms with Crippen LogP contribution >= 0.6 is 11.8 Å². The molecule has 2 heterocycles. The number of hydrogen-bond donors (Lipinski definition) is 1. The standard InChI is InChI=1S/C22H23FN2O2S/c23-17-6-3-5-16(11-17)13-25-14-21(19-8-1-2-9-20(19)25)28-15-22(26)24-12-18-7-4-10-27-18/h1-3,5-6,8-9,11,14,18H,4,7,10,12-13,15H2,(H,24,26)/t18-/m0/s1. The maximum absolute atomic E-state index is 13.5. The van der Waals surface area contributed by atoms with Gasteiger partial charge in [-0.05, 0) is 36.6 Å². The lowest BCUT2D eigenvalue weighted by Crippen LogP contribution is -2.32. The van der Waals surface area contributed by atoms with Crippen LogP contribution in [0.3, 0.4) is 0 Å². The molecular formula is C22H23FN2O2S. The van der Waals surface area contributed by atoms with E-state index in [1.165, 1.54) is 17.8 Å². The number of amides is 1. The fraction of sp³-hybridized carbons (Fsp3) is 0.318. The van der Waals surface area contributed by atoms with E-state index in [1.807, 2.05) is 24.4 Å². The molecule has 2 aromatic carbocycles. The number of ether oxygens (including phenoxy) is 1. The van der Waals surface area contributed by atoms with Gasteiger partial charge in [0.05, 0.1) is 11.9 Å². The van der Waals surface area contributed by atoms with Gasteiger partial charge in [0.2, 0.25) is 5.91 Å². The minimum atomic E-state index is -0.230. The predicted molar refractivity (Wildman–Crippen MR) is 110 cm³/mol. The normalized spacial score (nSPS) is 16.5. The third-order valence-corrected chi connectivity index (χ3v) is 5.95. The first-order valence-electron chi connectivity index (χ1n) is 9.52. The average Bonchev–Trinajstić information content (AvgIpc) is 3.33. The van der Waals surface area contributed by atoms with Crippen LogP contribution in [0.15, 0.2) is 59.6 Å². The minimum absolute atomic E-state index is 0.0162. The van der Waals surface area contributed by atoms with E-state index in [1.54, 1.807) is 12.1 Å². The number of thioether (sulfide) groups is 1. The molecule has 1 amide bonds. The van der Waals surface area contributed by atoms with E-state index in [4.69, 9.17) is 4.74 Å². The van der Waals surface area contributed by atoms with Crippen LogP contribution in [-0.2, 0) is 16.1 Å². The number of rotatable bonds is 7. The van der Waals surface area contributed by atoms with E-state index in [-0.39, 0.29) is 17.8 Å². The molecule has 0 aliphatic carbocycles. The Balaban J connectivity index is 1.44. The number of carbonyl (C=O) groups is 1. The molecule has 1 aliphatic rings. The second-order valence-corrected chi connectivity index (χ2v) is 8.01. The summed E-state index contributed by atoms with van der Waals surface area (Å²) in [7, 11) is 0. The van der Waals surface area contributed by atoms with Gasteiger partial charge in [-0.25, -0.2) is 4.39 Å². The molecule has 1 saturated heterocycles. The van der Waals surface area contributed by atoms with Crippen molar-refractivity contribution in [3.05, 3.63) is 66.1 Å². The number of fused-ring (bicyclic) bond motifs is 1. The predicted octanol–water partition coefficient (Wildman–Crippen LogP) is 4.22. The van der Waals surface area contributed by atoms with Gasteiger partial charge in [-0.2, -0.15) is 0 Å². The van der Waals surface area contributed by atoms with Gasteiger partial charge in [0.25, 0.3) is 0 Å². The Morgan fingerprint density at radius 1 is 1.25 bits per heavy atom. The molecule has 1 atom stereocenters. The molecule has 0 unspecified atom stereocenters.